The molecule has 2 aliphatic rings. The molecule has 0 radical (unpaired) electrons. The molecule has 1 N–H and O–H groups in total. The number of carbonyl (C=O) groups is 2. The largest absolute Gasteiger partial charge is 0.503 e. The summed E-state index contributed by atoms with van der Waals surface area (Å²) in [7, 11) is 0. The number of carbonyl (C=O) groups excluding carboxylic acids is 2. The topological polar surface area (TPSA) is 86.6 Å². The first-order valence-electron chi connectivity index (χ1n) is 8.97. The zero-order valence-corrected chi connectivity index (χ0v) is 16.7. The minimum Gasteiger partial charge on any atom is -0.503 e. The molecule has 2 heterocycles. The van der Waals surface area contributed by atoms with Crippen LogP contribution >= 0.6 is 11.3 Å². The van der Waals surface area contributed by atoms with E-state index in [9.17, 15) is 49.8 Å². The standard InChI is InChI=1S/C17H10F8N4O3S/c18-9-6(3-7(17(23,24)25)10(19)11(9)30)12-27-26-8(33-12)4-29-14(32)28(5-16(20,21)22)13(31)15(29)1-2-15/h3,30H,1-2,4-5H2. The van der Waals surface area contributed by atoms with Gasteiger partial charge in [0.05, 0.1) is 17.7 Å². The van der Waals surface area contributed by atoms with E-state index in [2.05, 4.69) is 10.2 Å². The zero-order chi connectivity index (χ0) is 24.5. The number of urea groups is 1. The van der Waals surface area contributed by atoms with Crippen molar-refractivity contribution in [3.63, 3.8) is 0 Å². The number of imide groups is 1. The highest BCUT2D eigenvalue weighted by Gasteiger charge is 2.66. The molecular formula is C17H10F8N4O3S. The summed E-state index contributed by atoms with van der Waals surface area (Å²) in [5, 5.41) is 15.8. The number of aromatic hydroxyl groups is 1. The molecule has 1 spiro atoms. The van der Waals surface area contributed by atoms with Gasteiger partial charge in [-0.1, -0.05) is 11.3 Å². The van der Waals surface area contributed by atoms with Crippen LogP contribution in [0, 0.1) is 11.6 Å². The number of rotatable bonds is 4. The van der Waals surface area contributed by atoms with E-state index in [0.29, 0.717) is 11.3 Å². The molecule has 1 aromatic carbocycles. The minimum absolute atomic E-state index is 0.0578. The van der Waals surface area contributed by atoms with Crippen LogP contribution in [-0.4, -0.2) is 55.3 Å². The van der Waals surface area contributed by atoms with Crippen molar-refractivity contribution in [2.75, 3.05) is 6.54 Å². The molecule has 7 nitrogen and oxygen atoms in total. The van der Waals surface area contributed by atoms with E-state index in [0.717, 1.165) is 4.90 Å². The number of aromatic nitrogens is 2. The lowest BCUT2D eigenvalue weighted by Crippen LogP contribution is -2.39. The molecule has 16 heteroatoms. The average molecular weight is 502 g/mol. The third-order valence-corrected chi connectivity index (χ3v) is 6.10. The van der Waals surface area contributed by atoms with Crippen molar-refractivity contribution < 1.29 is 49.8 Å². The smallest absolute Gasteiger partial charge is 0.419 e. The van der Waals surface area contributed by atoms with Crippen LogP contribution in [0.5, 0.6) is 5.75 Å². The van der Waals surface area contributed by atoms with Crippen LogP contribution < -0.4 is 0 Å². The zero-order valence-electron chi connectivity index (χ0n) is 15.9. The third-order valence-electron chi connectivity index (χ3n) is 5.16. The van der Waals surface area contributed by atoms with E-state index in [1.54, 1.807) is 0 Å². The summed E-state index contributed by atoms with van der Waals surface area (Å²) in [6.07, 6.45) is -9.88. The Balaban J connectivity index is 1.64. The third kappa shape index (κ3) is 3.85. The van der Waals surface area contributed by atoms with Gasteiger partial charge in [-0.25, -0.2) is 13.6 Å². The lowest BCUT2D eigenvalue weighted by molar-refractivity contribution is -0.153. The SMILES string of the molecule is O=C1N(CC(F)(F)F)C(=O)C2(CC2)N1Cc1nnc(-c2cc(C(F)(F)F)c(F)c(O)c2F)s1. The van der Waals surface area contributed by atoms with Crippen LogP contribution in [0.2, 0.25) is 0 Å². The van der Waals surface area contributed by atoms with E-state index >= 15 is 0 Å². The maximum Gasteiger partial charge on any atom is 0.419 e. The van der Waals surface area contributed by atoms with Crippen LogP contribution in [-0.2, 0) is 17.5 Å². The summed E-state index contributed by atoms with van der Waals surface area (Å²) in [4.78, 5) is 25.7. The molecule has 0 bridgehead atoms. The Bertz CT molecular complexity index is 1160. The Morgan fingerprint density at radius 2 is 1.70 bits per heavy atom. The predicted molar refractivity (Wildman–Crippen MR) is 92.6 cm³/mol. The van der Waals surface area contributed by atoms with Crippen molar-refractivity contribution in [2.45, 2.75) is 37.3 Å². The minimum atomic E-state index is -5.26. The normalized spacial score (nSPS) is 18.1. The highest BCUT2D eigenvalue weighted by Crippen LogP contribution is 2.49. The van der Waals surface area contributed by atoms with E-state index in [-0.39, 0.29) is 28.8 Å². The lowest BCUT2D eigenvalue weighted by atomic mass is 10.1. The number of hydrogen-bond donors (Lipinski definition) is 1. The molecule has 2 fully saturated rings. The molecule has 2 aromatic rings. The van der Waals surface area contributed by atoms with E-state index in [4.69, 9.17) is 0 Å². The molecule has 1 aliphatic heterocycles. The molecule has 1 aromatic heterocycles. The van der Waals surface area contributed by atoms with E-state index < -0.39 is 76.4 Å². The Labute approximate surface area is 182 Å². The van der Waals surface area contributed by atoms with Crippen LogP contribution in [0.25, 0.3) is 10.6 Å². The summed E-state index contributed by atoms with van der Waals surface area (Å²) >= 11 is 0.458. The predicted octanol–water partition coefficient (Wildman–Crippen LogP) is 4.07. The quantitative estimate of drug-likeness (QED) is 0.504. The summed E-state index contributed by atoms with van der Waals surface area (Å²) in [5.74, 6) is -6.85. The number of alkyl halides is 6. The van der Waals surface area contributed by atoms with Gasteiger partial charge in [-0.15, -0.1) is 10.2 Å². The number of phenols is 1. The Morgan fingerprint density at radius 3 is 2.24 bits per heavy atom. The second-order valence-electron chi connectivity index (χ2n) is 7.35. The first kappa shape index (κ1) is 23.1. The van der Waals surface area contributed by atoms with Crippen molar-refractivity contribution >= 4 is 23.3 Å². The summed E-state index contributed by atoms with van der Waals surface area (Å²) in [6.45, 7) is -2.30. The lowest BCUT2D eigenvalue weighted by Gasteiger charge is -2.19. The maximum absolute atomic E-state index is 14.2. The van der Waals surface area contributed by atoms with E-state index in [1.165, 1.54) is 0 Å². The number of halogens is 8. The number of amides is 3. The summed E-state index contributed by atoms with van der Waals surface area (Å²) in [5.41, 5.74) is -4.35. The molecule has 3 amide bonds. The number of phenolic OH excluding ortho intramolecular Hbond substituents is 1. The highest BCUT2D eigenvalue weighted by atomic mass is 32.1. The van der Waals surface area contributed by atoms with Crippen molar-refractivity contribution in [3.05, 3.63) is 28.3 Å². The Hall–Kier alpha value is -3.04. The van der Waals surface area contributed by atoms with Gasteiger partial charge in [0.15, 0.2) is 22.4 Å². The van der Waals surface area contributed by atoms with Gasteiger partial charge in [0.25, 0.3) is 5.91 Å². The van der Waals surface area contributed by atoms with Gasteiger partial charge in [0.1, 0.15) is 17.1 Å². The van der Waals surface area contributed by atoms with Crippen LogP contribution in [0.1, 0.15) is 23.4 Å². The van der Waals surface area contributed by atoms with Crippen molar-refractivity contribution in [2.24, 2.45) is 0 Å². The van der Waals surface area contributed by atoms with Crippen molar-refractivity contribution in [1.29, 1.82) is 0 Å². The molecule has 4 rings (SSSR count). The van der Waals surface area contributed by atoms with E-state index in [1.807, 2.05) is 0 Å². The average Bonchev–Trinajstić information content (AvgIpc) is 3.33. The molecule has 33 heavy (non-hydrogen) atoms. The Kier molecular flexibility index (Phi) is 5.07. The summed E-state index contributed by atoms with van der Waals surface area (Å²) < 4.78 is 105. The second-order valence-corrected chi connectivity index (χ2v) is 8.42. The molecule has 1 aliphatic carbocycles. The van der Waals surface area contributed by atoms with Crippen LogP contribution in [0.3, 0.4) is 0 Å². The molecule has 0 unspecified atom stereocenters. The van der Waals surface area contributed by atoms with Crippen LogP contribution in [0.15, 0.2) is 6.07 Å². The van der Waals surface area contributed by atoms with Gasteiger partial charge in [0, 0.05) is 0 Å². The molecular weight excluding hydrogens is 492 g/mol. The summed E-state index contributed by atoms with van der Waals surface area (Å²) in [6, 6.07) is -1.14. The first-order valence-corrected chi connectivity index (χ1v) is 9.78. The van der Waals surface area contributed by atoms with Crippen molar-refractivity contribution in [1.82, 2.24) is 20.0 Å². The van der Waals surface area contributed by atoms with Gasteiger partial charge in [0.2, 0.25) is 0 Å². The monoisotopic (exact) mass is 502 g/mol. The fourth-order valence-electron chi connectivity index (χ4n) is 3.47. The highest BCUT2D eigenvalue weighted by molar-refractivity contribution is 7.14. The number of benzene rings is 1. The Morgan fingerprint density at radius 1 is 1.06 bits per heavy atom. The molecule has 178 valence electrons. The van der Waals surface area contributed by atoms with Crippen molar-refractivity contribution in [3.8, 4) is 16.3 Å². The van der Waals surface area contributed by atoms with Crippen LogP contribution in [0.4, 0.5) is 39.9 Å². The molecule has 1 saturated heterocycles. The second kappa shape index (κ2) is 7.23. The molecule has 0 atom stereocenters. The number of hydrogen-bond acceptors (Lipinski definition) is 6. The van der Waals surface area contributed by atoms with Gasteiger partial charge < -0.3 is 10.0 Å². The van der Waals surface area contributed by atoms with Gasteiger partial charge >= 0.3 is 18.4 Å². The fraction of sp³-hybridized carbons (Fsp3) is 0.412. The molecule has 1 saturated carbocycles. The maximum atomic E-state index is 14.2. The van der Waals surface area contributed by atoms with Gasteiger partial charge in [-0.05, 0) is 18.9 Å². The number of nitrogens with zero attached hydrogens (tertiary/aromatic N) is 4. The first-order chi connectivity index (χ1) is 15.2. The fourth-order valence-corrected chi connectivity index (χ4v) is 4.31. The van der Waals surface area contributed by atoms with Gasteiger partial charge in [-0.2, -0.15) is 26.3 Å². The van der Waals surface area contributed by atoms with Gasteiger partial charge in [-0.3, -0.25) is 9.69 Å².